The SMILES string of the molecule is CC1(C)Oc2ccc(S(=O)(=O)N3CCCc4ccccc43)cc2[C@@H](N2CCCCC2=O)[C@@H]1O. The normalized spacial score (nSPS) is 24.6. The van der Waals surface area contributed by atoms with Crippen LogP contribution in [0, 0.1) is 0 Å². The first kappa shape index (κ1) is 22.2. The predicted molar refractivity (Wildman–Crippen MR) is 125 cm³/mol. The molecule has 0 spiro atoms. The van der Waals surface area contributed by atoms with E-state index in [-0.39, 0.29) is 10.8 Å². The van der Waals surface area contributed by atoms with Gasteiger partial charge in [0, 0.05) is 25.1 Å². The van der Waals surface area contributed by atoms with Crippen molar-refractivity contribution in [1.29, 1.82) is 0 Å². The number of carbonyl (C=O) groups is 1. The van der Waals surface area contributed by atoms with Crippen molar-refractivity contribution in [2.24, 2.45) is 0 Å². The van der Waals surface area contributed by atoms with Crippen molar-refractivity contribution >= 4 is 21.6 Å². The van der Waals surface area contributed by atoms with Crippen LogP contribution in [-0.2, 0) is 21.2 Å². The second-order valence-corrected chi connectivity index (χ2v) is 11.5. The molecule has 0 radical (unpaired) electrons. The summed E-state index contributed by atoms with van der Waals surface area (Å²) < 4.78 is 35.0. The van der Waals surface area contributed by atoms with Gasteiger partial charge in [-0.05, 0) is 69.4 Å². The molecule has 1 saturated heterocycles. The summed E-state index contributed by atoms with van der Waals surface area (Å²) in [6.45, 7) is 4.53. The number of hydrogen-bond acceptors (Lipinski definition) is 5. The van der Waals surface area contributed by atoms with E-state index in [2.05, 4.69) is 0 Å². The van der Waals surface area contributed by atoms with Crippen molar-refractivity contribution in [3.05, 3.63) is 53.6 Å². The first-order valence-electron chi connectivity index (χ1n) is 11.6. The second kappa shape index (κ2) is 8.02. The molecule has 0 aliphatic carbocycles. The van der Waals surface area contributed by atoms with Crippen LogP contribution in [0.3, 0.4) is 0 Å². The molecule has 2 aromatic carbocycles. The van der Waals surface area contributed by atoms with E-state index in [9.17, 15) is 18.3 Å². The Morgan fingerprint density at radius 2 is 1.82 bits per heavy atom. The number of anilines is 1. The average molecular weight is 471 g/mol. The molecule has 3 heterocycles. The summed E-state index contributed by atoms with van der Waals surface area (Å²) >= 11 is 0. The Hall–Kier alpha value is -2.58. The standard InChI is InChI=1S/C25H30N2O5S/c1-25(2)24(29)23(26-14-6-5-11-22(26)28)19-16-18(12-13-21(19)32-25)33(30,31)27-15-7-9-17-8-3-4-10-20(17)27/h3-4,8,10,12-13,16,23-24,29H,5-7,9,11,14-15H2,1-2H3/t23-,24+/m1/s1. The highest BCUT2D eigenvalue weighted by atomic mass is 32.2. The molecule has 3 aliphatic heterocycles. The summed E-state index contributed by atoms with van der Waals surface area (Å²) in [6, 6.07) is 11.7. The van der Waals surface area contributed by atoms with Crippen LogP contribution in [0.2, 0.25) is 0 Å². The van der Waals surface area contributed by atoms with Crippen LogP contribution in [0.5, 0.6) is 5.75 Å². The number of likely N-dealkylation sites (tertiary alicyclic amines) is 1. The fraction of sp³-hybridized carbons (Fsp3) is 0.480. The molecule has 8 heteroatoms. The van der Waals surface area contributed by atoms with Gasteiger partial charge in [-0.2, -0.15) is 0 Å². The number of hydrogen-bond donors (Lipinski definition) is 1. The number of aliphatic hydroxyl groups excluding tert-OH is 1. The van der Waals surface area contributed by atoms with E-state index >= 15 is 0 Å². The number of aryl methyl sites for hydroxylation is 1. The fourth-order valence-corrected chi connectivity index (χ4v) is 6.82. The van der Waals surface area contributed by atoms with Gasteiger partial charge in [0.15, 0.2) is 0 Å². The molecule has 1 fully saturated rings. The van der Waals surface area contributed by atoms with E-state index in [4.69, 9.17) is 4.74 Å². The Kier molecular flexibility index (Phi) is 5.40. The zero-order valence-electron chi connectivity index (χ0n) is 19.0. The smallest absolute Gasteiger partial charge is 0.264 e. The van der Waals surface area contributed by atoms with Gasteiger partial charge in [0.25, 0.3) is 10.0 Å². The first-order valence-corrected chi connectivity index (χ1v) is 13.1. The zero-order chi connectivity index (χ0) is 23.4. The molecule has 0 saturated carbocycles. The van der Waals surface area contributed by atoms with Crippen molar-refractivity contribution in [3.8, 4) is 5.75 Å². The average Bonchev–Trinajstić information content (AvgIpc) is 2.80. The van der Waals surface area contributed by atoms with Crippen LogP contribution >= 0.6 is 0 Å². The van der Waals surface area contributed by atoms with Crippen molar-refractivity contribution in [1.82, 2.24) is 4.90 Å². The molecule has 2 aromatic rings. The first-order chi connectivity index (χ1) is 15.7. The highest BCUT2D eigenvalue weighted by Gasteiger charge is 2.47. The molecule has 7 nitrogen and oxygen atoms in total. The van der Waals surface area contributed by atoms with Gasteiger partial charge in [0.05, 0.1) is 16.6 Å². The van der Waals surface area contributed by atoms with Gasteiger partial charge < -0.3 is 14.7 Å². The lowest BCUT2D eigenvalue weighted by Crippen LogP contribution is -2.55. The summed E-state index contributed by atoms with van der Waals surface area (Å²) in [5, 5.41) is 11.2. The number of para-hydroxylation sites is 1. The molecule has 0 bridgehead atoms. The van der Waals surface area contributed by atoms with Crippen molar-refractivity contribution in [2.75, 3.05) is 17.4 Å². The summed E-state index contributed by atoms with van der Waals surface area (Å²) in [5.41, 5.74) is 1.36. The van der Waals surface area contributed by atoms with Crippen LogP contribution in [0.1, 0.15) is 56.7 Å². The summed E-state index contributed by atoms with van der Waals surface area (Å²) in [6.07, 6.45) is 2.73. The lowest BCUT2D eigenvalue weighted by molar-refractivity contribution is -0.147. The maximum Gasteiger partial charge on any atom is 0.264 e. The van der Waals surface area contributed by atoms with Crippen molar-refractivity contribution in [3.63, 3.8) is 0 Å². The Morgan fingerprint density at radius 3 is 2.61 bits per heavy atom. The maximum absolute atomic E-state index is 13.7. The van der Waals surface area contributed by atoms with Gasteiger partial charge in [0.2, 0.25) is 5.91 Å². The molecule has 2 atom stereocenters. The summed E-state index contributed by atoms with van der Waals surface area (Å²) in [5.74, 6) is 0.485. The Labute approximate surface area is 195 Å². The number of benzene rings is 2. The number of rotatable bonds is 3. The molecule has 3 aliphatic rings. The highest BCUT2D eigenvalue weighted by Crippen LogP contribution is 2.45. The van der Waals surface area contributed by atoms with Gasteiger partial charge in [-0.25, -0.2) is 8.42 Å². The zero-order valence-corrected chi connectivity index (χ0v) is 19.8. The van der Waals surface area contributed by atoms with Gasteiger partial charge in [-0.15, -0.1) is 0 Å². The number of amides is 1. The van der Waals surface area contributed by atoms with Gasteiger partial charge >= 0.3 is 0 Å². The minimum absolute atomic E-state index is 0.0211. The van der Waals surface area contributed by atoms with Crippen LogP contribution in [-0.4, -0.2) is 49.1 Å². The third kappa shape index (κ3) is 3.69. The number of fused-ring (bicyclic) bond motifs is 2. The largest absolute Gasteiger partial charge is 0.485 e. The molecule has 0 unspecified atom stereocenters. The van der Waals surface area contributed by atoms with E-state index < -0.39 is 27.8 Å². The third-order valence-corrected chi connectivity index (χ3v) is 8.84. The topological polar surface area (TPSA) is 87.2 Å². The molecular formula is C25H30N2O5S. The Bertz CT molecular complexity index is 1190. The van der Waals surface area contributed by atoms with Gasteiger partial charge in [-0.3, -0.25) is 9.10 Å². The fourth-order valence-electron chi connectivity index (χ4n) is 5.24. The lowest BCUT2D eigenvalue weighted by atomic mass is 9.84. The number of aliphatic hydroxyl groups is 1. The second-order valence-electron chi connectivity index (χ2n) is 9.65. The summed E-state index contributed by atoms with van der Waals surface area (Å²) in [4.78, 5) is 14.6. The Morgan fingerprint density at radius 1 is 1.03 bits per heavy atom. The van der Waals surface area contributed by atoms with Crippen LogP contribution in [0.15, 0.2) is 47.4 Å². The molecule has 5 rings (SSSR count). The molecular weight excluding hydrogens is 440 g/mol. The van der Waals surface area contributed by atoms with Gasteiger partial charge in [-0.1, -0.05) is 18.2 Å². The highest BCUT2D eigenvalue weighted by molar-refractivity contribution is 7.92. The maximum atomic E-state index is 13.7. The van der Waals surface area contributed by atoms with E-state index in [1.807, 2.05) is 24.3 Å². The number of nitrogens with zero attached hydrogens (tertiary/aromatic N) is 2. The van der Waals surface area contributed by atoms with Crippen molar-refractivity contribution < 1.29 is 23.1 Å². The number of piperidine rings is 1. The minimum Gasteiger partial charge on any atom is -0.485 e. The molecule has 1 amide bonds. The predicted octanol–water partition coefficient (Wildman–Crippen LogP) is 3.41. The van der Waals surface area contributed by atoms with Crippen LogP contribution < -0.4 is 9.04 Å². The van der Waals surface area contributed by atoms with Crippen LogP contribution in [0.4, 0.5) is 5.69 Å². The monoisotopic (exact) mass is 470 g/mol. The van der Waals surface area contributed by atoms with Gasteiger partial charge in [0.1, 0.15) is 17.5 Å². The number of sulfonamides is 1. The molecule has 1 N–H and O–H groups in total. The summed E-state index contributed by atoms with van der Waals surface area (Å²) in [7, 11) is -3.83. The third-order valence-electron chi connectivity index (χ3n) is 7.04. The quantitative estimate of drug-likeness (QED) is 0.743. The van der Waals surface area contributed by atoms with E-state index in [0.717, 1.165) is 31.2 Å². The minimum atomic E-state index is -3.83. The lowest BCUT2D eigenvalue weighted by Gasteiger charge is -2.47. The van der Waals surface area contributed by atoms with E-state index in [1.165, 1.54) is 4.31 Å². The molecule has 0 aromatic heterocycles. The molecule has 176 valence electrons. The number of ether oxygens (including phenoxy) is 1. The van der Waals surface area contributed by atoms with E-state index in [0.29, 0.717) is 36.5 Å². The molecule has 33 heavy (non-hydrogen) atoms. The van der Waals surface area contributed by atoms with E-state index in [1.54, 1.807) is 36.9 Å². The van der Waals surface area contributed by atoms with Crippen LogP contribution in [0.25, 0.3) is 0 Å². The number of carbonyl (C=O) groups excluding carboxylic acids is 1. The Balaban J connectivity index is 1.60. The van der Waals surface area contributed by atoms with Crippen molar-refractivity contribution in [2.45, 2.75) is 68.6 Å².